The quantitative estimate of drug-likeness (QED) is 0.533. The maximum Gasteiger partial charge on any atom is 0.332 e. The molecule has 162 valence electrons. The van der Waals surface area contributed by atoms with Crippen molar-refractivity contribution < 1.29 is 18.5 Å². The highest BCUT2D eigenvalue weighted by atomic mass is 32.2. The largest absolute Gasteiger partial charge is 0.452 e. The predicted octanol–water partition coefficient (Wildman–Crippen LogP) is 4.65. The second-order valence-electron chi connectivity index (χ2n) is 8.97. The minimum Gasteiger partial charge on any atom is -0.452 e. The van der Waals surface area contributed by atoms with Crippen LogP contribution in [0.3, 0.4) is 0 Å². The molecule has 0 radical (unpaired) electrons. The van der Waals surface area contributed by atoms with Crippen molar-refractivity contribution in [3.05, 3.63) is 46.7 Å². The zero-order valence-electron chi connectivity index (χ0n) is 17.6. The molecule has 1 aromatic carbocycles. The third-order valence-electron chi connectivity index (χ3n) is 6.17. The van der Waals surface area contributed by atoms with Crippen molar-refractivity contribution in [1.29, 1.82) is 4.78 Å². The first-order valence-electron chi connectivity index (χ1n) is 10.4. The first-order chi connectivity index (χ1) is 14.1. The van der Waals surface area contributed by atoms with Gasteiger partial charge in [-0.3, -0.25) is 0 Å². The van der Waals surface area contributed by atoms with E-state index >= 15 is 0 Å². The fourth-order valence-electron chi connectivity index (χ4n) is 4.17. The third-order valence-corrected chi connectivity index (χ3v) is 7.43. The van der Waals surface area contributed by atoms with Crippen LogP contribution in [0.4, 0.5) is 10.5 Å². The molecule has 2 aliphatic rings. The molecule has 1 saturated carbocycles. The minimum atomic E-state index is -3.71. The molecule has 2 atom stereocenters. The van der Waals surface area contributed by atoms with Gasteiger partial charge in [-0.25, -0.2) is 18.5 Å². The van der Waals surface area contributed by atoms with Crippen molar-refractivity contribution in [3.63, 3.8) is 0 Å². The molecule has 4 N–H and O–H groups in total. The molecule has 1 heterocycles. The Morgan fingerprint density at radius 3 is 2.70 bits per heavy atom. The topological polar surface area (TPSA) is 115 Å². The molecule has 0 saturated heterocycles. The summed E-state index contributed by atoms with van der Waals surface area (Å²) in [5.74, 6) is 0.975. The van der Waals surface area contributed by atoms with Crippen molar-refractivity contribution in [2.45, 2.75) is 69.5 Å². The normalized spacial score (nSPS) is 19.1. The van der Waals surface area contributed by atoms with Crippen LogP contribution in [-0.2, 0) is 28.4 Å². The number of benzene rings is 1. The van der Waals surface area contributed by atoms with E-state index in [-0.39, 0.29) is 5.09 Å². The van der Waals surface area contributed by atoms with Crippen molar-refractivity contribution >= 4 is 21.6 Å². The first kappa shape index (κ1) is 20.9. The van der Waals surface area contributed by atoms with Crippen molar-refractivity contribution in [1.82, 2.24) is 4.72 Å². The molecule has 4 rings (SSSR count). The second kappa shape index (κ2) is 7.42. The number of amides is 2. The Bertz CT molecular complexity index is 1080. The van der Waals surface area contributed by atoms with Crippen molar-refractivity contribution in [3.8, 4) is 0 Å². The molecule has 0 aliphatic heterocycles. The molecular formula is C22H29N3O4S. The van der Waals surface area contributed by atoms with Gasteiger partial charge in [-0.15, -0.1) is 0 Å². The van der Waals surface area contributed by atoms with E-state index in [1.807, 2.05) is 0 Å². The maximum atomic E-state index is 12.8. The highest BCUT2D eigenvalue weighted by Gasteiger charge is 2.32. The Hall–Kier alpha value is -2.32. The van der Waals surface area contributed by atoms with Crippen LogP contribution < -0.4 is 10.0 Å². The lowest BCUT2D eigenvalue weighted by Gasteiger charge is -2.20. The molecule has 1 fully saturated rings. The van der Waals surface area contributed by atoms with Gasteiger partial charge in [0.1, 0.15) is 0 Å². The van der Waals surface area contributed by atoms with Crippen LogP contribution in [-0.4, -0.2) is 15.3 Å². The number of anilines is 1. The van der Waals surface area contributed by atoms with Gasteiger partial charge >= 0.3 is 6.03 Å². The SMILES string of the molecule is C[C@H](c1ccc2c(c1NC(=O)NS(=N)(=O)c1cc(C(C)(C)O)co1)CCC2)C1CC1. The van der Waals surface area contributed by atoms with Crippen LogP contribution in [0.5, 0.6) is 0 Å². The number of furan rings is 1. The number of nitrogens with one attached hydrogen (secondary N) is 3. The summed E-state index contributed by atoms with van der Waals surface area (Å²) in [5.41, 5.74) is 3.48. The van der Waals surface area contributed by atoms with E-state index < -0.39 is 21.5 Å². The number of carbonyl (C=O) groups excluding carboxylic acids is 1. The lowest BCUT2D eigenvalue weighted by Crippen LogP contribution is -2.34. The molecule has 0 spiro atoms. The van der Waals surface area contributed by atoms with Crippen LogP contribution in [0.1, 0.15) is 68.2 Å². The van der Waals surface area contributed by atoms with E-state index in [9.17, 15) is 14.1 Å². The fraction of sp³-hybridized carbons (Fsp3) is 0.500. The summed E-state index contributed by atoms with van der Waals surface area (Å²) in [5, 5.41) is 12.8. The average Bonchev–Trinajstić information content (AvgIpc) is 3.16. The van der Waals surface area contributed by atoms with E-state index in [0.29, 0.717) is 17.4 Å². The molecular weight excluding hydrogens is 402 g/mol. The van der Waals surface area contributed by atoms with Crippen molar-refractivity contribution in [2.24, 2.45) is 5.92 Å². The van der Waals surface area contributed by atoms with E-state index in [0.717, 1.165) is 36.1 Å². The summed E-state index contributed by atoms with van der Waals surface area (Å²) < 4.78 is 28.4. The average molecular weight is 432 g/mol. The summed E-state index contributed by atoms with van der Waals surface area (Å²) in [4.78, 5) is 12.8. The Kier molecular flexibility index (Phi) is 5.18. The van der Waals surface area contributed by atoms with Gasteiger partial charge in [-0.1, -0.05) is 19.1 Å². The molecule has 1 aromatic heterocycles. The Morgan fingerprint density at radius 1 is 1.33 bits per heavy atom. The summed E-state index contributed by atoms with van der Waals surface area (Å²) in [6, 6.07) is 4.91. The molecule has 2 aromatic rings. The van der Waals surface area contributed by atoms with E-state index in [1.165, 1.54) is 30.7 Å². The summed E-state index contributed by atoms with van der Waals surface area (Å²) in [6.45, 7) is 5.31. The molecule has 7 nitrogen and oxygen atoms in total. The van der Waals surface area contributed by atoms with Gasteiger partial charge in [0.05, 0.1) is 11.9 Å². The number of aryl methyl sites for hydroxylation is 1. The highest BCUT2D eigenvalue weighted by molar-refractivity contribution is 7.91. The number of carbonyl (C=O) groups is 1. The molecule has 2 aliphatic carbocycles. The molecule has 30 heavy (non-hydrogen) atoms. The molecule has 0 bridgehead atoms. The van der Waals surface area contributed by atoms with Gasteiger partial charge in [0.25, 0.3) is 0 Å². The van der Waals surface area contributed by atoms with Gasteiger partial charge < -0.3 is 14.8 Å². The number of fused-ring (bicyclic) bond motifs is 1. The fourth-order valence-corrected chi connectivity index (χ4v) is 5.06. The van der Waals surface area contributed by atoms with Crippen LogP contribution in [0, 0.1) is 10.7 Å². The van der Waals surface area contributed by atoms with Crippen LogP contribution in [0.2, 0.25) is 0 Å². The van der Waals surface area contributed by atoms with Crippen molar-refractivity contribution in [2.75, 3.05) is 5.32 Å². The van der Waals surface area contributed by atoms with Crippen LogP contribution >= 0.6 is 0 Å². The minimum absolute atomic E-state index is 0.195. The first-order valence-corrected chi connectivity index (χ1v) is 12.0. The van der Waals surface area contributed by atoms with Gasteiger partial charge in [0, 0.05) is 17.3 Å². The zero-order chi connectivity index (χ0) is 21.7. The van der Waals surface area contributed by atoms with E-state index in [2.05, 4.69) is 29.1 Å². The monoisotopic (exact) mass is 431 g/mol. The number of hydrogen-bond acceptors (Lipinski definition) is 5. The number of rotatable bonds is 6. The van der Waals surface area contributed by atoms with Gasteiger partial charge in [-0.05, 0) is 74.5 Å². The Morgan fingerprint density at radius 2 is 2.07 bits per heavy atom. The predicted molar refractivity (Wildman–Crippen MR) is 115 cm³/mol. The second-order valence-corrected chi connectivity index (χ2v) is 10.7. The smallest absolute Gasteiger partial charge is 0.332 e. The van der Waals surface area contributed by atoms with E-state index in [1.54, 1.807) is 13.8 Å². The Balaban J connectivity index is 1.57. The van der Waals surface area contributed by atoms with Crippen LogP contribution in [0.25, 0.3) is 0 Å². The summed E-state index contributed by atoms with van der Waals surface area (Å²) in [7, 11) is -3.71. The van der Waals surface area contributed by atoms with Crippen LogP contribution in [0.15, 0.2) is 34.0 Å². The van der Waals surface area contributed by atoms with Gasteiger partial charge in [0.2, 0.25) is 5.09 Å². The molecule has 8 heteroatoms. The molecule has 2 amide bonds. The standard InChI is InChI=1S/C22H29N3O4S/c1-13(14-7-8-14)17-10-9-15-5-4-6-18(15)20(17)24-21(26)25-30(23,28)19-11-16(12-29-19)22(2,3)27/h9-14,27H,4-8H2,1-3H3,(H3,23,24,25,26,28)/t13-,30?/m0/s1. The van der Waals surface area contributed by atoms with Gasteiger partial charge in [-0.2, -0.15) is 0 Å². The number of aliphatic hydroxyl groups is 1. The highest BCUT2D eigenvalue weighted by Crippen LogP contribution is 2.46. The molecule has 1 unspecified atom stereocenters. The lowest BCUT2D eigenvalue weighted by molar-refractivity contribution is 0.0779. The Labute approximate surface area is 177 Å². The summed E-state index contributed by atoms with van der Waals surface area (Å²) in [6.07, 6.45) is 6.60. The third kappa shape index (κ3) is 4.11. The number of hydrogen-bond donors (Lipinski definition) is 4. The zero-order valence-corrected chi connectivity index (χ0v) is 18.4. The summed E-state index contributed by atoms with van der Waals surface area (Å²) >= 11 is 0. The maximum absolute atomic E-state index is 12.8. The van der Waals surface area contributed by atoms with E-state index in [4.69, 9.17) is 9.20 Å². The van der Waals surface area contributed by atoms with Gasteiger partial charge in [0.15, 0.2) is 9.92 Å². The number of urea groups is 1. The lowest BCUT2D eigenvalue weighted by atomic mass is 9.91.